The smallest absolute Gasteiger partial charge is 0.326 e. The fraction of sp³-hybridized carbons (Fsp3) is 0.417. The Labute approximate surface area is 105 Å². The first-order valence-electron chi connectivity index (χ1n) is 5.58. The van der Waals surface area contributed by atoms with Crippen LogP contribution < -0.4 is 0 Å². The second-order valence-electron chi connectivity index (χ2n) is 3.95. The van der Waals surface area contributed by atoms with Crippen LogP contribution in [0.2, 0.25) is 0 Å². The quantitative estimate of drug-likeness (QED) is 0.576. The molecule has 0 atom stereocenters. The van der Waals surface area contributed by atoms with E-state index < -0.39 is 0 Å². The summed E-state index contributed by atoms with van der Waals surface area (Å²) in [6.07, 6.45) is 2.40. The van der Waals surface area contributed by atoms with E-state index in [-0.39, 0.29) is 5.97 Å². The Morgan fingerprint density at radius 2 is 2.12 bits per heavy atom. The van der Waals surface area contributed by atoms with Crippen molar-refractivity contribution in [1.29, 1.82) is 0 Å². The molecule has 0 bridgehead atoms. The van der Waals surface area contributed by atoms with Crippen molar-refractivity contribution in [3.63, 3.8) is 0 Å². The number of carbonyl (C=O) groups is 1. The van der Waals surface area contributed by atoms with Crippen LogP contribution in [-0.4, -0.2) is 17.2 Å². The second-order valence-corrected chi connectivity index (χ2v) is 4.90. The van der Waals surface area contributed by atoms with Crippen molar-refractivity contribution in [3.8, 4) is 0 Å². The second kappa shape index (κ2) is 6.05. The molecule has 17 heavy (non-hydrogen) atoms. The molecule has 1 aliphatic rings. The Bertz CT molecular complexity index is 367. The van der Waals surface area contributed by atoms with Gasteiger partial charge in [-0.15, -0.1) is 0 Å². The first-order valence-corrected chi connectivity index (χ1v) is 6.36. The molecule has 1 aromatic rings. The lowest BCUT2D eigenvalue weighted by molar-refractivity contribution is -0.277. The number of hydrogen-bond acceptors (Lipinski definition) is 5. The Morgan fingerprint density at radius 1 is 1.41 bits per heavy atom. The van der Waals surface area contributed by atoms with Crippen LogP contribution in [-0.2, 0) is 14.5 Å². The molecule has 0 unspecified atom stereocenters. The average molecular weight is 253 g/mol. The van der Waals surface area contributed by atoms with Gasteiger partial charge in [0.2, 0.25) is 0 Å². The number of carbonyl (C=O) groups excluding carboxylic acids is 1. The normalized spacial score (nSPS) is 14.9. The third kappa shape index (κ3) is 4.77. The largest absolute Gasteiger partial charge is 0.332 e. The first kappa shape index (κ1) is 12.4. The van der Waals surface area contributed by atoms with Gasteiger partial charge >= 0.3 is 5.97 Å². The molecule has 0 aromatic heterocycles. The zero-order chi connectivity index (χ0) is 12.1. The van der Waals surface area contributed by atoms with E-state index in [1.54, 1.807) is 0 Å². The maximum atomic E-state index is 10.9. The van der Waals surface area contributed by atoms with Crippen LogP contribution in [0.3, 0.4) is 0 Å². The molecule has 1 saturated carbocycles. The van der Waals surface area contributed by atoms with Crippen LogP contribution >= 0.6 is 11.9 Å². The number of rotatable bonds is 6. The van der Waals surface area contributed by atoms with Crippen LogP contribution in [0.5, 0.6) is 0 Å². The van der Waals surface area contributed by atoms with Crippen LogP contribution in [0.25, 0.3) is 0 Å². The maximum Gasteiger partial charge on any atom is 0.326 e. The highest BCUT2D eigenvalue weighted by Crippen LogP contribution is 2.31. The van der Waals surface area contributed by atoms with E-state index in [2.05, 4.69) is 0 Å². The summed E-state index contributed by atoms with van der Waals surface area (Å²) in [7, 11) is 0. The molecule has 0 amide bonds. The van der Waals surface area contributed by atoms with Gasteiger partial charge in [0.15, 0.2) is 0 Å². The Morgan fingerprint density at radius 3 is 2.71 bits per heavy atom. The lowest BCUT2D eigenvalue weighted by Gasteiger charge is -2.17. The number of benzene rings is 1. The topological polar surface area (TPSA) is 38.8 Å². The monoisotopic (exact) mass is 253 g/mol. The molecular weight excluding hydrogens is 238 g/mol. The van der Waals surface area contributed by atoms with Crippen LogP contribution in [0.1, 0.15) is 19.8 Å². The first-order chi connectivity index (χ1) is 8.24. The van der Waals surface area contributed by atoms with Gasteiger partial charge in [0.1, 0.15) is 0 Å². The molecular formula is C12H15NO3S. The summed E-state index contributed by atoms with van der Waals surface area (Å²) in [6.45, 7) is 1.96. The zero-order valence-corrected chi connectivity index (χ0v) is 10.5. The fourth-order valence-electron chi connectivity index (χ4n) is 1.19. The third-order valence-electron chi connectivity index (χ3n) is 2.24. The summed E-state index contributed by atoms with van der Waals surface area (Å²) in [4.78, 5) is 22.3. The number of nitrogens with zero attached hydrogens (tertiary/aromatic N) is 1. The molecule has 0 radical (unpaired) electrons. The van der Waals surface area contributed by atoms with Gasteiger partial charge < -0.3 is 4.84 Å². The highest BCUT2D eigenvalue weighted by molar-refractivity contribution is 7.96. The lowest BCUT2D eigenvalue weighted by atomic mass is 10.4. The van der Waals surface area contributed by atoms with E-state index >= 15 is 0 Å². The predicted octanol–water partition coefficient (Wildman–Crippen LogP) is 2.82. The van der Waals surface area contributed by atoms with E-state index in [1.165, 1.54) is 36.3 Å². The van der Waals surface area contributed by atoms with Crippen molar-refractivity contribution in [1.82, 2.24) is 4.63 Å². The standard InChI is InChI=1S/C12H15NO3S/c1-10(14)16-13(15-9-11-7-8-11)17-12-5-3-2-4-6-12/h2-6,11H,7-9H2,1H3. The molecule has 1 aromatic carbocycles. The lowest BCUT2D eigenvalue weighted by Crippen LogP contribution is -2.21. The average Bonchev–Trinajstić information content (AvgIpc) is 3.10. The van der Waals surface area contributed by atoms with Gasteiger partial charge in [-0.1, -0.05) is 18.2 Å². The van der Waals surface area contributed by atoms with E-state index in [9.17, 15) is 4.79 Å². The molecule has 0 saturated heterocycles. The molecule has 1 aliphatic carbocycles. The van der Waals surface area contributed by atoms with Crippen molar-refractivity contribution in [2.75, 3.05) is 6.61 Å². The molecule has 5 heteroatoms. The highest BCUT2D eigenvalue weighted by Gasteiger charge is 2.24. The summed E-state index contributed by atoms with van der Waals surface area (Å²) in [5, 5.41) is 0. The summed E-state index contributed by atoms with van der Waals surface area (Å²) in [5.74, 6) is 0.230. The predicted molar refractivity (Wildman–Crippen MR) is 64.6 cm³/mol. The molecule has 2 rings (SSSR count). The molecule has 4 nitrogen and oxygen atoms in total. The minimum Gasteiger partial charge on any atom is -0.332 e. The van der Waals surface area contributed by atoms with Crippen LogP contribution in [0.4, 0.5) is 0 Å². The molecule has 92 valence electrons. The van der Waals surface area contributed by atoms with Crippen LogP contribution in [0, 0.1) is 5.92 Å². The maximum absolute atomic E-state index is 10.9. The third-order valence-corrected chi connectivity index (χ3v) is 3.05. The molecule has 0 aliphatic heterocycles. The SMILES string of the molecule is CC(=O)ON(OCC1CC1)Sc1ccccc1. The van der Waals surface area contributed by atoms with E-state index in [0.717, 1.165) is 4.90 Å². The summed E-state index contributed by atoms with van der Waals surface area (Å²) in [5.41, 5.74) is 0. The summed E-state index contributed by atoms with van der Waals surface area (Å²) >= 11 is 1.25. The van der Waals surface area contributed by atoms with Gasteiger partial charge in [0.25, 0.3) is 0 Å². The van der Waals surface area contributed by atoms with Gasteiger partial charge in [-0.2, -0.15) is 0 Å². The Kier molecular flexibility index (Phi) is 4.42. The fourth-order valence-corrected chi connectivity index (χ4v) is 1.90. The van der Waals surface area contributed by atoms with E-state index in [1.807, 2.05) is 30.3 Å². The van der Waals surface area contributed by atoms with Gasteiger partial charge in [-0.3, -0.25) is 9.63 Å². The molecule has 1 fully saturated rings. The highest BCUT2D eigenvalue weighted by atomic mass is 32.2. The van der Waals surface area contributed by atoms with Crippen molar-refractivity contribution in [2.24, 2.45) is 5.92 Å². The number of hydrogen-bond donors (Lipinski definition) is 0. The van der Waals surface area contributed by atoms with Crippen molar-refractivity contribution in [2.45, 2.75) is 24.7 Å². The van der Waals surface area contributed by atoms with Gasteiger partial charge in [-0.05, 0) is 30.9 Å². The van der Waals surface area contributed by atoms with Crippen LogP contribution in [0.15, 0.2) is 35.2 Å². The van der Waals surface area contributed by atoms with Gasteiger partial charge in [-0.25, -0.2) is 0 Å². The van der Waals surface area contributed by atoms with Crippen molar-refractivity contribution < 1.29 is 14.5 Å². The minimum atomic E-state index is -0.385. The van der Waals surface area contributed by atoms with Gasteiger partial charge in [0, 0.05) is 23.8 Å². The van der Waals surface area contributed by atoms with Gasteiger partial charge in [0.05, 0.1) is 11.2 Å². The summed E-state index contributed by atoms with van der Waals surface area (Å²) < 4.78 is 1.19. The summed E-state index contributed by atoms with van der Waals surface area (Å²) in [6, 6.07) is 9.65. The van der Waals surface area contributed by atoms with Crippen molar-refractivity contribution in [3.05, 3.63) is 30.3 Å². The van der Waals surface area contributed by atoms with E-state index in [4.69, 9.17) is 9.68 Å². The molecule has 0 N–H and O–H groups in total. The zero-order valence-electron chi connectivity index (χ0n) is 9.67. The molecule has 0 spiro atoms. The van der Waals surface area contributed by atoms with E-state index in [0.29, 0.717) is 12.5 Å². The van der Waals surface area contributed by atoms with Crippen molar-refractivity contribution >= 4 is 17.9 Å². The Balaban J connectivity index is 1.86. The Hall–Kier alpha value is -1.04. The minimum absolute atomic E-state index is 0.385. The molecule has 0 heterocycles.